The molecule has 0 saturated carbocycles. The zero-order valence-electron chi connectivity index (χ0n) is 22.2. The third-order valence-electron chi connectivity index (χ3n) is 6.27. The number of aromatic nitrogens is 6. The highest BCUT2D eigenvalue weighted by Gasteiger charge is 2.19. The molecule has 0 aliphatic rings. The van der Waals surface area contributed by atoms with Gasteiger partial charge in [0.05, 0.1) is 31.0 Å². The van der Waals surface area contributed by atoms with Crippen molar-refractivity contribution in [3.63, 3.8) is 0 Å². The molecule has 1 N–H and O–H groups in total. The van der Waals surface area contributed by atoms with Crippen molar-refractivity contribution in [1.82, 2.24) is 29.5 Å². The Hall–Kier alpha value is -4.22. The van der Waals surface area contributed by atoms with E-state index in [0.717, 1.165) is 11.1 Å². The summed E-state index contributed by atoms with van der Waals surface area (Å²) < 4.78 is 7.90. The first-order valence-electron chi connectivity index (χ1n) is 12.5. The van der Waals surface area contributed by atoms with Crippen LogP contribution in [-0.4, -0.2) is 53.7 Å². The average molecular weight is 658 g/mol. The van der Waals surface area contributed by atoms with Gasteiger partial charge in [-0.2, -0.15) is 10.2 Å². The fourth-order valence-corrected chi connectivity index (χ4v) is 5.20. The largest absolute Gasteiger partial charge is 0.476 e. The topological polar surface area (TPSA) is 125 Å². The van der Waals surface area contributed by atoms with E-state index in [9.17, 15) is 14.7 Å². The molecule has 0 atom stereocenters. The molecule has 218 valence electrons. The molecule has 10 nitrogen and oxygen atoms in total. The molecule has 0 aliphatic carbocycles. The standard InChI is InChI=1S/C15H11Cl2N3O2.C14H9Cl2N3O2/c1-22-15(21)13-11-3-2-6-18-14(11)20(19-13)8-9-4-5-10(16)7-12(9)17;15-9-4-3-8(11(16)6-9)7-19-13-10(2-1-5-17-13)12(18-19)14(20)21/h2-7H,8H2,1H3;1-6H,7H2,(H,20,21). The van der Waals surface area contributed by atoms with Gasteiger partial charge >= 0.3 is 11.9 Å². The van der Waals surface area contributed by atoms with Crippen LogP contribution >= 0.6 is 46.4 Å². The van der Waals surface area contributed by atoms with Crippen LogP contribution in [0, 0.1) is 0 Å². The minimum absolute atomic E-state index is 0.0248. The van der Waals surface area contributed by atoms with Crippen molar-refractivity contribution in [2.24, 2.45) is 0 Å². The van der Waals surface area contributed by atoms with Crippen LogP contribution in [0.1, 0.15) is 32.1 Å². The number of carboxylic acid groups (broad SMARTS) is 1. The lowest BCUT2D eigenvalue weighted by atomic mass is 10.2. The van der Waals surface area contributed by atoms with E-state index in [2.05, 4.69) is 20.2 Å². The number of hydrogen-bond donors (Lipinski definition) is 1. The van der Waals surface area contributed by atoms with Gasteiger partial charge in [0.1, 0.15) is 0 Å². The number of esters is 1. The van der Waals surface area contributed by atoms with Crippen LogP contribution in [0.15, 0.2) is 73.1 Å². The van der Waals surface area contributed by atoms with Gasteiger partial charge in [-0.25, -0.2) is 28.9 Å². The molecule has 0 amide bonds. The Morgan fingerprint density at radius 1 is 0.744 bits per heavy atom. The summed E-state index contributed by atoms with van der Waals surface area (Å²) in [5, 5.41) is 20.9. The van der Waals surface area contributed by atoms with E-state index in [1.807, 2.05) is 6.07 Å². The predicted molar refractivity (Wildman–Crippen MR) is 164 cm³/mol. The Balaban J connectivity index is 0.000000171. The summed E-state index contributed by atoms with van der Waals surface area (Å²) >= 11 is 24.1. The minimum Gasteiger partial charge on any atom is -0.476 e. The van der Waals surface area contributed by atoms with Gasteiger partial charge in [0.2, 0.25) is 0 Å². The predicted octanol–water partition coefficient (Wildman–Crippen LogP) is 7.06. The van der Waals surface area contributed by atoms with Gasteiger partial charge in [-0.05, 0) is 59.7 Å². The van der Waals surface area contributed by atoms with Gasteiger partial charge in [-0.3, -0.25) is 0 Å². The maximum absolute atomic E-state index is 11.8. The molecule has 6 aromatic rings. The molecule has 0 bridgehead atoms. The van der Waals surface area contributed by atoms with E-state index in [4.69, 9.17) is 51.1 Å². The van der Waals surface area contributed by atoms with Crippen molar-refractivity contribution in [3.05, 3.63) is 116 Å². The number of aromatic carboxylic acids is 1. The number of ether oxygens (including phenoxy) is 1. The molecule has 43 heavy (non-hydrogen) atoms. The van der Waals surface area contributed by atoms with Gasteiger partial charge in [0.15, 0.2) is 22.7 Å². The van der Waals surface area contributed by atoms with Crippen LogP contribution in [0.4, 0.5) is 0 Å². The number of carbonyl (C=O) groups excluding carboxylic acids is 1. The minimum atomic E-state index is -1.09. The zero-order valence-corrected chi connectivity index (χ0v) is 25.2. The monoisotopic (exact) mass is 656 g/mol. The number of pyridine rings is 2. The van der Waals surface area contributed by atoms with Crippen LogP contribution in [0.5, 0.6) is 0 Å². The number of carboxylic acids is 1. The lowest BCUT2D eigenvalue weighted by Gasteiger charge is -2.05. The second-order valence-electron chi connectivity index (χ2n) is 9.03. The highest BCUT2D eigenvalue weighted by atomic mass is 35.5. The Bertz CT molecular complexity index is 1990. The van der Waals surface area contributed by atoms with Gasteiger partial charge < -0.3 is 9.84 Å². The summed E-state index contributed by atoms with van der Waals surface area (Å²) in [4.78, 5) is 31.6. The molecule has 4 heterocycles. The van der Waals surface area contributed by atoms with Crippen molar-refractivity contribution in [2.75, 3.05) is 7.11 Å². The Morgan fingerprint density at radius 3 is 1.65 bits per heavy atom. The molecule has 4 aromatic heterocycles. The number of methoxy groups -OCH3 is 1. The first-order valence-corrected chi connectivity index (χ1v) is 14.0. The summed E-state index contributed by atoms with van der Waals surface area (Å²) in [6, 6.07) is 17.3. The number of halogens is 4. The summed E-state index contributed by atoms with van der Waals surface area (Å²) in [5.74, 6) is -1.59. The lowest BCUT2D eigenvalue weighted by Crippen LogP contribution is -2.06. The molecule has 2 aromatic carbocycles. The molecule has 0 unspecified atom stereocenters. The number of fused-ring (bicyclic) bond motifs is 2. The normalized spacial score (nSPS) is 10.9. The summed E-state index contributed by atoms with van der Waals surface area (Å²) in [7, 11) is 1.32. The van der Waals surface area contributed by atoms with Gasteiger partial charge in [0.25, 0.3) is 0 Å². The quantitative estimate of drug-likeness (QED) is 0.189. The van der Waals surface area contributed by atoms with E-state index >= 15 is 0 Å². The molecule has 0 radical (unpaired) electrons. The average Bonchev–Trinajstić information content (AvgIpc) is 3.55. The SMILES string of the molecule is COC(=O)c1nn(Cc2ccc(Cl)cc2Cl)c2ncccc12.O=C(O)c1nn(Cc2ccc(Cl)cc2Cl)c2ncccc12. The smallest absolute Gasteiger partial charge is 0.359 e. The van der Waals surface area contributed by atoms with Crippen molar-refractivity contribution in [1.29, 1.82) is 0 Å². The molecule has 0 saturated heterocycles. The van der Waals surface area contributed by atoms with Gasteiger partial charge in [-0.1, -0.05) is 58.5 Å². The van der Waals surface area contributed by atoms with Crippen LogP contribution in [0.3, 0.4) is 0 Å². The molecular weight excluding hydrogens is 638 g/mol. The summed E-state index contributed by atoms with van der Waals surface area (Å²) in [6.07, 6.45) is 3.24. The molecule has 6 rings (SSSR count). The van der Waals surface area contributed by atoms with Crippen LogP contribution in [0.25, 0.3) is 22.1 Å². The van der Waals surface area contributed by atoms with Crippen molar-refractivity contribution in [3.8, 4) is 0 Å². The third kappa shape index (κ3) is 6.57. The Labute approximate surface area is 264 Å². The zero-order chi connectivity index (χ0) is 30.7. The van der Waals surface area contributed by atoms with Crippen LogP contribution < -0.4 is 0 Å². The van der Waals surface area contributed by atoms with Crippen molar-refractivity contribution < 1.29 is 19.4 Å². The van der Waals surface area contributed by atoms with Gasteiger partial charge in [0, 0.05) is 32.5 Å². The number of nitrogens with zero attached hydrogens (tertiary/aromatic N) is 6. The Morgan fingerprint density at radius 2 is 1.21 bits per heavy atom. The first-order chi connectivity index (χ1) is 20.7. The van der Waals surface area contributed by atoms with E-state index in [-0.39, 0.29) is 11.4 Å². The lowest BCUT2D eigenvalue weighted by molar-refractivity contribution is 0.0594. The second kappa shape index (κ2) is 13.0. The number of benzene rings is 2. The maximum atomic E-state index is 11.8. The van der Waals surface area contributed by atoms with Crippen LogP contribution in [0.2, 0.25) is 20.1 Å². The fraction of sp³-hybridized carbons (Fsp3) is 0.103. The first kappa shape index (κ1) is 30.2. The van der Waals surface area contributed by atoms with Crippen molar-refractivity contribution in [2.45, 2.75) is 13.1 Å². The summed E-state index contributed by atoms with van der Waals surface area (Å²) in [6.45, 7) is 0.692. The molecule has 0 spiro atoms. The second-order valence-corrected chi connectivity index (χ2v) is 10.7. The number of rotatable bonds is 6. The number of hydrogen-bond acceptors (Lipinski definition) is 7. The van der Waals surface area contributed by atoms with Crippen LogP contribution in [-0.2, 0) is 17.8 Å². The molecule has 14 heteroatoms. The highest BCUT2D eigenvalue weighted by molar-refractivity contribution is 6.35. The number of carbonyl (C=O) groups is 2. The van der Waals surface area contributed by atoms with E-state index in [1.54, 1.807) is 71.7 Å². The Kier molecular flexibility index (Phi) is 9.12. The fourth-order valence-electron chi connectivity index (χ4n) is 4.27. The van der Waals surface area contributed by atoms with E-state index in [0.29, 0.717) is 55.2 Å². The summed E-state index contributed by atoms with van der Waals surface area (Å²) in [5.41, 5.74) is 2.92. The maximum Gasteiger partial charge on any atom is 0.359 e. The third-order valence-corrected chi connectivity index (χ3v) is 7.44. The highest BCUT2D eigenvalue weighted by Crippen LogP contribution is 2.25. The molecule has 0 aliphatic heterocycles. The molecule has 0 fully saturated rings. The van der Waals surface area contributed by atoms with E-state index in [1.165, 1.54) is 11.8 Å². The van der Waals surface area contributed by atoms with Gasteiger partial charge in [-0.15, -0.1) is 0 Å². The molecular formula is C29H20Cl4N6O4. The van der Waals surface area contributed by atoms with E-state index < -0.39 is 11.9 Å². The van der Waals surface area contributed by atoms with Crippen molar-refractivity contribution >= 4 is 80.4 Å².